The molecule has 0 spiro atoms. The van der Waals surface area contributed by atoms with Crippen molar-refractivity contribution >= 4 is 11.8 Å². The van der Waals surface area contributed by atoms with Crippen molar-refractivity contribution in [1.29, 1.82) is 0 Å². The van der Waals surface area contributed by atoms with Crippen LogP contribution >= 0.6 is 0 Å². The number of hydrogen-bond acceptors (Lipinski definition) is 5. The van der Waals surface area contributed by atoms with Gasteiger partial charge in [-0.05, 0) is 31.9 Å². The molecule has 1 atom stereocenters. The largest absolute Gasteiger partial charge is 0.496 e. The summed E-state index contributed by atoms with van der Waals surface area (Å²) in [6.45, 7) is 7.09. The van der Waals surface area contributed by atoms with E-state index >= 15 is 0 Å². The van der Waals surface area contributed by atoms with E-state index in [9.17, 15) is 14.4 Å². The molecule has 3 rings (SSSR count). The number of methoxy groups -OCH3 is 1. The van der Waals surface area contributed by atoms with Crippen LogP contribution in [0.1, 0.15) is 61.5 Å². The molecule has 1 N–H and O–H groups in total. The van der Waals surface area contributed by atoms with E-state index in [1.54, 1.807) is 23.0 Å². The van der Waals surface area contributed by atoms with Crippen LogP contribution in [-0.4, -0.2) is 41.5 Å². The van der Waals surface area contributed by atoms with Crippen molar-refractivity contribution < 1.29 is 18.7 Å². The topological polar surface area (TPSA) is 93.8 Å². The molecule has 168 valence electrons. The van der Waals surface area contributed by atoms with Crippen LogP contribution in [0.25, 0.3) is 0 Å². The van der Waals surface area contributed by atoms with Crippen LogP contribution in [0.3, 0.4) is 0 Å². The van der Waals surface area contributed by atoms with E-state index in [0.29, 0.717) is 43.1 Å². The molecule has 0 saturated heterocycles. The molecule has 0 bridgehead atoms. The Hall–Kier alpha value is -3.03. The Morgan fingerprint density at radius 1 is 1.23 bits per heavy atom. The lowest BCUT2D eigenvalue weighted by molar-refractivity contribution is -0.135. The number of furan rings is 1. The maximum atomic E-state index is 13.2. The Balaban J connectivity index is 1.92. The van der Waals surface area contributed by atoms with Gasteiger partial charge in [-0.2, -0.15) is 0 Å². The summed E-state index contributed by atoms with van der Waals surface area (Å²) in [6.07, 6.45) is 3.52. The molecular formula is C23H31N3O5. The first-order valence-electron chi connectivity index (χ1n) is 10.8. The molecular weight excluding hydrogens is 398 g/mol. The maximum Gasteiger partial charge on any atom is 0.257 e. The number of fused-ring (bicyclic) bond motifs is 1. The molecule has 0 aliphatic carbocycles. The zero-order chi connectivity index (χ0) is 22.5. The number of carbonyl (C=O) groups is 2. The Bertz CT molecular complexity index is 976. The fourth-order valence-corrected chi connectivity index (χ4v) is 4.15. The number of nitrogens with zero attached hydrogens (tertiary/aromatic N) is 2. The average molecular weight is 430 g/mol. The first kappa shape index (κ1) is 22.7. The summed E-state index contributed by atoms with van der Waals surface area (Å²) in [5.74, 6) is 0.609. The Morgan fingerprint density at radius 2 is 1.97 bits per heavy atom. The van der Waals surface area contributed by atoms with Gasteiger partial charge in [0.1, 0.15) is 17.1 Å². The van der Waals surface area contributed by atoms with Gasteiger partial charge in [0.05, 0.1) is 19.4 Å². The minimum absolute atomic E-state index is 0.0237. The van der Waals surface area contributed by atoms with E-state index < -0.39 is 0 Å². The molecule has 8 heteroatoms. The standard InChI is InChI=1S/C23H31N3O5/c1-5-16(6-2)23(29)25-10-9-17-21(19(30-4)14-20(27)26(17)12-11-25)22(28)24-15(3)18-8-7-13-31-18/h7-8,13-16H,5-6,9-12H2,1-4H3,(H,24,28)/t15-/m0/s1. The monoisotopic (exact) mass is 429 g/mol. The highest BCUT2D eigenvalue weighted by molar-refractivity contribution is 5.98. The van der Waals surface area contributed by atoms with Crippen LogP contribution in [0.15, 0.2) is 33.7 Å². The summed E-state index contributed by atoms with van der Waals surface area (Å²) in [4.78, 5) is 40.7. The van der Waals surface area contributed by atoms with Gasteiger partial charge in [-0.1, -0.05) is 13.8 Å². The Kier molecular flexibility index (Phi) is 7.20. The number of hydrogen-bond donors (Lipinski definition) is 1. The molecule has 31 heavy (non-hydrogen) atoms. The smallest absolute Gasteiger partial charge is 0.257 e. The lowest BCUT2D eigenvalue weighted by Gasteiger charge is -2.24. The normalized spacial score (nSPS) is 14.7. The van der Waals surface area contributed by atoms with Crippen LogP contribution in [0.2, 0.25) is 0 Å². The summed E-state index contributed by atoms with van der Waals surface area (Å²) in [7, 11) is 1.44. The number of ether oxygens (including phenoxy) is 1. The van der Waals surface area contributed by atoms with E-state index in [1.807, 2.05) is 25.7 Å². The molecule has 0 radical (unpaired) electrons. The third-order valence-corrected chi connectivity index (χ3v) is 6.00. The number of rotatable bonds is 7. The lowest BCUT2D eigenvalue weighted by Crippen LogP contribution is -2.38. The second kappa shape index (κ2) is 9.85. The quantitative estimate of drug-likeness (QED) is 0.730. The molecule has 1 aliphatic heterocycles. The van der Waals surface area contributed by atoms with E-state index in [0.717, 1.165) is 12.8 Å². The predicted octanol–water partition coefficient (Wildman–Crippen LogP) is 2.76. The summed E-state index contributed by atoms with van der Waals surface area (Å²) >= 11 is 0. The second-order valence-corrected chi connectivity index (χ2v) is 7.82. The van der Waals surface area contributed by atoms with Crippen molar-refractivity contribution in [2.24, 2.45) is 5.92 Å². The van der Waals surface area contributed by atoms with Gasteiger partial charge in [0.2, 0.25) is 5.91 Å². The number of nitrogens with one attached hydrogen (secondary N) is 1. The van der Waals surface area contributed by atoms with Gasteiger partial charge >= 0.3 is 0 Å². The van der Waals surface area contributed by atoms with E-state index in [-0.39, 0.29) is 35.1 Å². The van der Waals surface area contributed by atoms with Gasteiger partial charge in [0.15, 0.2) is 0 Å². The van der Waals surface area contributed by atoms with Gasteiger partial charge in [0.25, 0.3) is 11.5 Å². The molecule has 2 aromatic rings. The van der Waals surface area contributed by atoms with Crippen LogP contribution in [0.5, 0.6) is 5.75 Å². The number of amides is 2. The fraction of sp³-hybridized carbons (Fsp3) is 0.522. The number of carbonyl (C=O) groups excluding carboxylic acids is 2. The average Bonchev–Trinajstić information content (AvgIpc) is 3.21. The highest BCUT2D eigenvalue weighted by Gasteiger charge is 2.29. The van der Waals surface area contributed by atoms with Gasteiger partial charge < -0.3 is 23.9 Å². The lowest BCUT2D eigenvalue weighted by atomic mass is 10.0. The minimum atomic E-state index is -0.349. The first-order chi connectivity index (χ1) is 14.9. The highest BCUT2D eigenvalue weighted by Crippen LogP contribution is 2.25. The molecule has 2 amide bonds. The zero-order valence-electron chi connectivity index (χ0n) is 18.6. The van der Waals surface area contributed by atoms with Gasteiger partial charge in [-0.15, -0.1) is 0 Å². The van der Waals surface area contributed by atoms with Gasteiger partial charge in [0, 0.05) is 43.7 Å². The predicted molar refractivity (Wildman–Crippen MR) is 116 cm³/mol. The molecule has 0 saturated carbocycles. The van der Waals surface area contributed by atoms with Crippen molar-refractivity contribution in [3.63, 3.8) is 0 Å². The fourth-order valence-electron chi connectivity index (χ4n) is 4.15. The van der Waals surface area contributed by atoms with E-state index in [4.69, 9.17) is 9.15 Å². The van der Waals surface area contributed by atoms with E-state index in [1.165, 1.54) is 13.2 Å². The number of aromatic nitrogens is 1. The van der Waals surface area contributed by atoms with Crippen molar-refractivity contribution in [2.75, 3.05) is 20.2 Å². The van der Waals surface area contributed by atoms with Crippen LogP contribution in [0.4, 0.5) is 0 Å². The second-order valence-electron chi connectivity index (χ2n) is 7.82. The Labute approximate surface area is 182 Å². The summed E-state index contributed by atoms with van der Waals surface area (Å²) in [5, 5.41) is 2.93. The van der Waals surface area contributed by atoms with Crippen LogP contribution in [0, 0.1) is 5.92 Å². The van der Waals surface area contributed by atoms with Crippen LogP contribution in [-0.2, 0) is 17.8 Å². The van der Waals surface area contributed by atoms with Gasteiger partial charge in [-0.3, -0.25) is 14.4 Å². The zero-order valence-corrected chi connectivity index (χ0v) is 18.6. The summed E-state index contributed by atoms with van der Waals surface area (Å²) in [6, 6.07) is 4.55. The summed E-state index contributed by atoms with van der Waals surface area (Å²) < 4.78 is 12.4. The minimum Gasteiger partial charge on any atom is -0.496 e. The molecule has 1 aliphatic rings. The third kappa shape index (κ3) is 4.68. The number of pyridine rings is 1. The first-order valence-corrected chi connectivity index (χ1v) is 10.8. The highest BCUT2D eigenvalue weighted by atomic mass is 16.5. The van der Waals surface area contributed by atoms with Crippen molar-refractivity contribution in [3.05, 3.63) is 51.8 Å². The molecule has 3 heterocycles. The Morgan fingerprint density at radius 3 is 2.58 bits per heavy atom. The van der Waals surface area contributed by atoms with Gasteiger partial charge in [-0.25, -0.2) is 0 Å². The molecule has 0 aromatic carbocycles. The van der Waals surface area contributed by atoms with Crippen molar-refractivity contribution in [1.82, 2.24) is 14.8 Å². The van der Waals surface area contributed by atoms with Crippen LogP contribution < -0.4 is 15.6 Å². The molecule has 0 fully saturated rings. The SMILES string of the molecule is CCC(CC)C(=O)N1CCc2c(C(=O)N[C@@H](C)c3ccco3)c(OC)cc(=O)n2CC1. The maximum absolute atomic E-state index is 13.2. The van der Waals surface area contributed by atoms with Crippen molar-refractivity contribution in [3.8, 4) is 5.75 Å². The van der Waals surface area contributed by atoms with E-state index in [2.05, 4.69) is 5.32 Å². The third-order valence-electron chi connectivity index (χ3n) is 6.00. The van der Waals surface area contributed by atoms with Crippen molar-refractivity contribution in [2.45, 2.75) is 52.6 Å². The molecule has 2 aromatic heterocycles. The summed E-state index contributed by atoms with van der Waals surface area (Å²) in [5.41, 5.74) is 0.685. The molecule has 8 nitrogen and oxygen atoms in total. The molecule has 0 unspecified atom stereocenters.